The van der Waals surface area contributed by atoms with Gasteiger partial charge >= 0.3 is 6.03 Å². The SMILES string of the molecule is O=C(CN1CCC[C@H]1c1ccc2c(c1)OCCCO2)NC(=O)NC1CCCCC1. The highest BCUT2D eigenvalue weighted by Crippen LogP contribution is 2.37. The van der Waals surface area contributed by atoms with E-state index in [-0.39, 0.29) is 30.6 Å². The van der Waals surface area contributed by atoms with Gasteiger partial charge in [-0.1, -0.05) is 25.3 Å². The number of imide groups is 1. The number of rotatable bonds is 4. The van der Waals surface area contributed by atoms with Crippen molar-refractivity contribution in [2.75, 3.05) is 26.3 Å². The van der Waals surface area contributed by atoms with Gasteiger partial charge in [-0.15, -0.1) is 0 Å². The lowest BCUT2D eigenvalue weighted by molar-refractivity contribution is -0.121. The van der Waals surface area contributed by atoms with Crippen molar-refractivity contribution in [2.24, 2.45) is 0 Å². The normalized spacial score (nSPS) is 22.7. The van der Waals surface area contributed by atoms with Crippen molar-refractivity contribution in [1.29, 1.82) is 0 Å². The zero-order valence-corrected chi connectivity index (χ0v) is 17.0. The van der Waals surface area contributed by atoms with Crippen LogP contribution in [0.2, 0.25) is 0 Å². The molecule has 1 aromatic rings. The van der Waals surface area contributed by atoms with Crippen LogP contribution in [0.4, 0.5) is 4.79 Å². The molecule has 2 N–H and O–H groups in total. The summed E-state index contributed by atoms with van der Waals surface area (Å²) >= 11 is 0. The fraction of sp³-hybridized carbons (Fsp3) is 0.636. The predicted molar refractivity (Wildman–Crippen MR) is 109 cm³/mol. The quantitative estimate of drug-likeness (QED) is 0.810. The average molecular weight is 402 g/mol. The maximum atomic E-state index is 12.4. The van der Waals surface area contributed by atoms with Crippen LogP contribution in [0.25, 0.3) is 0 Å². The molecular weight excluding hydrogens is 370 g/mol. The maximum Gasteiger partial charge on any atom is 0.321 e. The Morgan fingerprint density at radius 3 is 2.59 bits per heavy atom. The molecule has 158 valence electrons. The molecule has 1 aliphatic carbocycles. The summed E-state index contributed by atoms with van der Waals surface area (Å²) in [6, 6.07) is 6.04. The van der Waals surface area contributed by atoms with Crippen LogP contribution >= 0.6 is 0 Å². The van der Waals surface area contributed by atoms with Gasteiger partial charge in [-0.2, -0.15) is 0 Å². The highest BCUT2D eigenvalue weighted by atomic mass is 16.5. The molecule has 1 saturated carbocycles. The van der Waals surface area contributed by atoms with Crippen LogP contribution in [0, 0.1) is 0 Å². The summed E-state index contributed by atoms with van der Waals surface area (Å²) in [5, 5.41) is 5.45. The number of carbonyl (C=O) groups is 2. The number of nitrogens with zero attached hydrogens (tertiary/aromatic N) is 1. The van der Waals surface area contributed by atoms with Crippen LogP contribution in [0.15, 0.2) is 18.2 Å². The molecule has 2 heterocycles. The van der Waals surface area contributed by atoms with Crippen molar-refractivity contribution in [2.45, 2.75) is 63.5 Å². The second-order valence-electron chi connectivity index (χ2n) is 8.24. The molecule has 7 heteroatoms. The highest BCUT2D eigenvalue weighted by molar-refractivity contribution is 5.95. The molecule has 0 spiro atoms. The van der Waals surface area contributed by atoms with Gasteiger partial charge in [-0.05, 0) is 49.9 Å². The van der Waals surface area contributed by atoms with E-state index in [9.17, 15) is 9.59 Å². The topological polar surface area (TPSA) is 79.9 Å². The number of amides is 3. The van der Waals surface area contributed by atoms with Crippen LogP contribution in [0.3, 0.4) is 0 Å². The van der Waals surface area contributed by atoms with E-state index in [4.69, 9.17) is 9.47 Å². The first-order valence-corrected chi connectivity index (χ1v) is 10.9. The minimum Gasteiger partial charge on any atom is -0.490 e. The van der Waals surface area contributed by atoms with Gasteiger partial charge in [-0.3, -0.25) is 15.0 Å². The molecule has 1 saturated heterocycles. The van der Waals surface area contributed by atoms with Gasteiger partial charge in [0.05, 0.1) is 19.8 Å². The number of urea groups is 1. The van der Waals surface area contributed by atoms with E-state index in [1.54, 1.807) is 0 Å². The first-order valence-electron chi connectivity index (χ1n) is 10.9. The van der Waals surface area contributed by atoms with Crippen molar-refractivity contribution >= 4 is 11.9 Å². The molecule has 1 atom stereocenters. The molecule has 0 bridgehead atoms. The lowest BCUT2D eigenvalue weighted by Gasteiger charge is -2.25. The van der Waals surface area contributed by atoms with Crippen LogP contribution in [-0.4, -0.2) is 49.2 Å². The van der Waals surface area contributed by atoms with Crippen LogP contribution < -0.4 is 20.1 Å². The van der Waals surface area contributed by atoms with E-state index in [1.165, 1.54) is 6.42 Å². The monoisotopic (exact) mass is 401 g/mol. The van der Waals surface area contributed by atoms with E-state index in [0.717, 1.165) is 68.6 Å². The highest BCUT2D eigenvalue weighted by Gasteiger charge is 2.29. The minimum absolute atomic E-state index is 0.152. The first kappa shape index (κ1) is 20.0. The molecule has 2 aliphatic heterocycles. The molecular formula is C22H31N3O4. The van der Waals surface area contributed by atoms with E-state index in [1.807, 2.05) is 12.1 Å². The fourth-order valence-corrected chi connectivity index (χ4v) is 4.60. The van der Waals surface area contributed by atoms with Gasteiger partial charge < -0.3 is 14.8 Å². The van der Waals surface area contributed by atoms with Crippen LogP contribution in [-0.2, 0) is 4.79 Å². The number of fused-ring (bicyclic) bond motifs is 1. The molecule has 0 radical (unpaired) electrons. The first-order chi connectivity index (χ1) is 14.2. The Balaban J connectivity index is 1.33. The molecule has 3 amide bonds. The summed E-state index contributed by atoms with van der Waals surface area (Å²) in [6.07, 6.45) is 8.41. The summed E-state index contributed by atoms with van der Waals surface area (Å²) in [6.45, 7) is 2.39. The Morgan fingerprint density at radius 1 is 0.966 bits per heavy atom. The zero-order chi connectivity index (χ0) is 20.1. The Hall–Kier alpha value is -2.28. The largest absolute Gasteiger partial charge is 0.490 e. The van der Waals surface area contributed by atoms with E-state index in [2.05, 4.69) is 21.6 Å². The van der Waals surface area contributed by atoms with Gasteiger partial charge in [0.15, 0.2) is 11.5 Å². The number of hydrogen-bond donors (Lipinski definition) is 2. The molecule has 29 heavy (non-hydrogen) atoms. The summed E-state index contributed by atoms with van der Waals surface area (Å²) in [4.78, 5) is 26.7. The third kappa shape index (κ3) is 5.21. The molecule has 1 aromatic carbocycles. The third-order valence-electron chi connectivity index (χ3n) is 6.06. The smallest absolute Gasteiger partial charge is 0.321 e. The molecule has 4 rings (SSSR count). The van der Waals surface area contributed by atoms with E-state index in [0.29, 0.717) is 13.2 Å². The van der Waals surface area contributed by atoms with Crippen molar-refractivity contribution in [3.8, 4) is 11.5 Å². The van der Waals surface area contributed by atoms with Crippen molar-refractivity contribution in [3.63, 3.8) is 0 Å². The Labute approximate surface area is 172 Å². The number of nitrogens with one attached hydrogen (secondary N) is 2. The van der Waals surface area contributed by atoms with Crippen molar-refractivity contribution in [1.82, 2.24) is 15.5 Å². The van der Waals surface area contributed by atoms with E-state index >= 15 is 0 Å². The van der Waals surface area contributed by atoms with Crippen molar-refractivity contribution in [3.05, 3.63) is 23.8 Å². The van der Waals surface area contributed by atoms with Gasteiger partial charge in [0.1, 0.15) is 0 Å². The Morgan fingerprint density at radius 2 is 1.76 bits per heavy atom. The summed E-state index contributed by atoms with van der Waals surface area (Å²) in [5.74, 6) is 1.32. The summed E-state index contributed by atoms with van der Waals surface area (Å²) in [5.41, 5.74) is 1.13. The fourth-order valence-electron chi connectivity index (χ4n) is 4.60. The molecule has 2 fully saturated rings. The second kappa shape index (κ2) is 9.48. The molecule has 7 nitrogen and oxygen atoms in total. The lowest BCUT2D eigenvalue weighted by atomic mass is 9.96. The third-order valence-corrected chi connectivity index (χ3v) is 6.06. The zero-order valence-electron chi connectivity index (χ0n) is 17.0. The van der Waals surface area contributed by atoms with Crippen LogP contribution in [0.5, 0.6) is 11.5 Å². The summed E-state index contributed by atoms with van der Waals surface area (Å²) in [7, 11) is 0. The Kier molecular flexibility index (Phi) is 6.54. The van der Waals surface area contributed by atoms with Gasteiger partial charge in [0.25, 0.3) is 0 Å². The van der Waals surface area contributed by atoms with Gasteiger partial charge in [-0.25, -0.2) is 4.79 Å². The molecule has 0 aromatic heterocycles. The standard InChI is InChI=1S/C22H31N3O4/c26-21(24-22(27)23-17-6-2-1-3-7-17)15-25-11-4-8-18(25)16-9-10-19-20(14-16)29-13-5-12-28-19/h9-10,14,17-18H,1-8,11-13,15H2,(H2,23,24,26,27)/t18-/m0/s1. The second-order valence-corrected chi connectivity index (χ2v) is 8.24. The van der Waals surface area contributed by atoms with Gasteiger partial charge in [0.2, 0.25) is 5.91 Å². The molecule has 0 unspecified atom stereocenters. The average Bonchev–Trinajstić information content (AvgIpc) is 3.03. The summed E-state index contributed by atoms with van der Waals surface area (Å²) < 4.78 is 11.5. The van der Waals surface area contributed by atoms with E-state index < -0.39 is 0 Å². The number of hydrogen-bond acceptors (Lipinski definition) is 5. The van der Waals surface area contributed by atoms with Crippen LogP contribution in [0.1, 0.15) is 63.0 Å². The number of likely N-dealkylation sites (tertiary alicyclic amines) is 1. The lowest BCUT2D eigenvalue weighted by Crippen LogP contribution is -2.47. The van der Waals surface area contributed by atoms with Crippen molar-refractivity contribution < 1.29 is 19.1 Å². The molecule has 3 aliphatic rings. The predicted octanol–water partition coefficient (Wildman–Crippen LogP) is 3.14. The minimum atomic E-state index is -0.367. The van der Waals surface area contributed by atoms with Gasteiger partial charge in [0, 0.05) is 18.5 Å². The number of carbonyl (C=O) groups excluding carboxylic acids is 2. The maximum absolute atomic E-state index is 12.4. The number of benzene rings is 1. The number of ether oxygens (including phenoxy) is 2. The Bertz CT molecular complexity index is 733.